The number of carbonyl (C=O) groups is 2. The summed E-state index contributed by atoms with van der Waals surface area (Å²) in [6.07, 6.45) is 3.47. The Morgan fingerprint density at radius 2 is 1.68 bits per heavy atom. The Balaban J connectivity index is 2.07. The molecule has 1 saturated carbocycles. The van der Waals surface area contributed by atoms with Crippen molar-refractivity contribution in [2.75, 3.05) is 0 Å². The van der Waals surface area contributed by atoms with Gasteiger partial charge in [-0.3, -0.25) is 4.79 Å². The van der Waals surface area contributed by atoms with Crippen LogP contribution in [0.1, 0.15) is 51.5 Å². The lowest BCUT2D eigenvalue weighted by Gasteiger charge is -2.34. The molecule has 0 heterocycles. The fourth-order valence-electron chi connectivity index (χ4n) is 3.11. The van der Waals surface area contributed by atoms with Gasteiger partial charge in [-0.25, -0.2) is 13.2 Å². The number of aliphatic carboxylic acids is 1. The van der Waals surface area contributed by atoms with E-state index in [1.807, 2.05) is 0 Å². The zero-order chi connectivity index (χ0) is 18.7. The Kier molecular flexibility index (Phi) is 5.87. The molecule has 138 valence electrons. The van der Waals surface area contributed by atoms with Crippen molar-refractivity contribution in [2.24, 2.45) is 0 Å². The summed E-state index contributed by atoms with van der Waals surface area (Å²) >= 11 is 0. The van der Waals surface area contributed by atoms with Crippen molar-refractivity contribution in [3.63, 3.8) is 0 Å². The number of hydrogen-bond donors (Lipinski definition) is 2. The molecule has 1 aromatic carbocycles. The van der Waals surface area contributed by atoms with Gasteiger partial charge in [0, 0.05) is 0 Å². The molecule has 6 nitrogen and oxygen atoms in total. The minimum Gasteiger partial charge on any atom is -0.480 e. The van der Waals surface area contributed by atoms with Crippen molar-refractivity contribution in [1.82, 2.24) is 5.32 Å². The summed E-state index contributed by atoms with van der Waals surface area (Å²) in [6, 6.07) is 6.18. The van der Waals surface area contributed by atoms with Gasteiger partial charge in [-0.2, -0.15) is 0 Å². The highest BCUT2D eigenvalue weighted by molar-refractivity contribution is 7.92. The quantitative estimate of drug-likeness (QED) is 0.803. The Labute approximate surface area is 148 Å². The third-order valence-corrected chi connectivity index (χ3v) is 6.90. The van der Waals surface area contributed by atoms with Crippen molar-refractivity contribution in [3.05, 3.63) is 29.8 Å². The van der Waals surface area contributed by atoms with Crippen LogP contribution >= 0.6 is 0 Å². The van der Waals surface area contributed by atoms with Crippen molar-refractivity contribution in [2.45, 2.75) is 68.1 Å². The number of carboxylic acids is 1. The highest BCUT2D eigenvalue weighted by Crippen LogP contribution is 2.28. The first kappa shape index (κ1) is 19.4. The molecule has 0 unspecified atom stereocenters. The van der Waals surface area contributed by atoms with Gasteiger partial charge in [0.15, 0.2) is 9.84 Å². The fourth-order valence-corrected chi connectivity index (χ4v) is 4.17. The summed E-state index contributed by atoms with van der Waals surface area (Å²) in [4.78, 5) is 24.1. The van der Waals surface area contributed by atoms with Gasteiger partial charge in [0.05, 0.1) is 16.6 Å². The maximum atomic E-state index is 12.3. The summed E-state index contributed by atoms with van der Waals surface area (Å²) in [5.41, 5.74) is -0.521. The van der Waals surface area contributed by atoms with Gasteiger partial charge in [0.1, 0.15) is 5.54 Å². The van der Waals surface area contributed by atoms with E-state index < -0.39 is 26.6 Å². The molecule has 0 radical (unpaired) electrons. The predicted octanol–water partition coefficient (Wildman–Crippen LogP) is 2.31. The molecule has 0 atom stereocenters. The largest absolute Gasteiger partial charge is 0.480 e. The summed E-state index contributed by atoms with van der Waals surface area (Å²) in [6.45, 7) is 3.23. The van der Waals surface area contributed by atoms with E-state index in [-0.39, 0.29) is 17.2 Å². The summed E-state index contributed by atoms with van der Waals surface area (Å²) in [5.74, 6) is -1.34. The van der Waals surface area contributed by atoms with Gasteiger partial charge in [0.2, 0.25) is 5.91 Å². The Bertz CT molecular complexity index is 731. The number of carbonyl (C=O) groups excluding carboxylic acids is 1. The van der Waals surface area contributed by atoms with Crippen LogP contribution in [0.2, 0.25) is 0 Å². The number of nitrogens with one attached hydrogen (secondary N) is 1. The van der Waals surface area contributed by atoms with Crippen LogP contribution in [0, 0.1) is 0 Å². The molecule has 1 amide bonds. The molecule has 1 aliphatic rings. The first-order valence-electron chi connectivity index (χ1n) is 8.55. The van der Waals surface area contributed by atoms with E-state index in [1.54, 1.807) is 26.0 Å². The molecule has 1 fully saturated rings. The normalized spacial score (nSPS) is 17.2. The molecule has 7 heteroatoms. The number of rotatable bonds is 6. The number of carboxylic acid groups (broad SMARTS) is 1. The highest BCUT2D eigenvalue weighted by Gasteiger charge is 2.40. The Hall–Kier alpha value is -1.89. The summed E-state index contributed by atoms with van der Waals surface area (Å²) in [7, 11) is -3.34. The molecule has 0 spiro atoms. The molecular weight excluding hydrogens is 342 g/mol. The Morgan fingerprint density at radius 3 is 2.16 bits per heavy atom. The number of benzene rings is 1. The van der Waals surface area contributed by atoms with Crippen molar-refractivity contribution in [1.29, 1.82) is 0 Å². The second-order valence-electron chi connectivity index (χ2n) is 6.91. The molecule has 0 saturated heterocycles. The zero-order valence-corrected chi connectivity index (χ0v) is 15.4. The number of amides is 1. The molecule has 1 aromatic rings. The van der Waals surface area contributed by atoms with Crippen molar-refractivity contribution in [3.8, 4) is 0 Å². The minimum atomic E-state index is -3.34. The molecule has 25 heavy (non-hydrogen) atoms. The van der Waals surface area contributed by atoms with Crippen LogP contribution in [-0.2, 0) is 25.8 Å². The second kappa shape index (κ2) is 7.56. The monoisotopic (exact) mass is 367 g/mol. The van der Waals surface area contributed by atoms with E-state index in [0.29, 0.717) is 18.4 Å². The maximum Gasteiger partial charge on any atom is 0.329 e. The van der Waals surface area contributed by atoms with Crippen molar-refractivity contribution < 1.29 is 23.1 Å². The van der Waals surface area contributed by atoms with Crippen molar-refractivity contribution >= 4 is 21.7 Å². The molecule has 0 bridgehead atoms. The van der Waals surface area contributed by atoms with E-state index in [9.17, 15) is 23.1 Å². The SMILES string of the molecule is CC(C)S(=O)(=O)c1ccc(CC(=O)NC2(C(=O)O)CCCCC2)cc1. The molecule has 0 aromatic heterocycles. The van der Waals surface area contributed by atoms with Gasteiger partial charge in [-0.1, -0.05) is 31.4 Å². The van der Waals surface area contributed by atoms with E-state index >= 15 is 0 Å². The van der Waals surface area contributed by atoms with E-state index in [1.165, 1.54) is 12.1 Å². The maximum absolute atomic E-state index is 12.3. The van der Waals surface area contributed by atoms with Crippen LogP contribution in [0.25, 0.3) is 0 Å². The molecule has 1 aliphatic carbocycles. The lowest BCUT2D eigenvalue weighted by atomic mass is 9.81. The van der Waals surface area contributed by atoms with Gasteiger partial charge in [0.25, 0.3) is 0 Å². The van der Waals surface area contributed by atoms with Crippen LogP contribution in [-0.4, -0.2) is 36.2 Å². The van der Waals surface area contributed by atoms with E-state index in [4.69, 9.17) is 0 Å². The second-order valence-corrected chi connectivity index (χ2v) is 9.41. The van der Waals surface area contributed by atoms with Crippen LogP contribution < -0.4 is 5.32 Å². The van der Waals surface area contributed by atoms with Gasteiger partial charge >= 0.3 is 5.97 Å². The molecule has 0 aliphatic heterocycles. The van der Waals surface area contributed by atoms with Gasteiger partial charge in [-0.15, -0.1) is 0 Å². The summed E-state index contributed by atoms with van der Waals surface area (Å²) in [5, 5.41) is 11.7. The molecule has 2 rings (SSSR count). The highest BCUT2D eigenvalue weighted by atomic mass is 32.2. The average molecular weight is 367 g/mol. The average Bonchev–Trinajstić information content (AvgIpc) is 2.55. The fraction of sp³-hybridized carbons (Fsp3) is 0.556. The predicted molar refractivity (Wildman–Crippen MR) is 94.1 cm³/mol. The Morgan fingerprint density at radius 1 is 1.12 bits per heavy atom. The van der Waals surface area contributed by atoms with Crippen LogP contribution in [0.15, 0.2) is 29.2 Å². The summed E-state index contributed by atoms with van der Waals surface area (Å²) < 4.78 is 24.2. The third kappa shape index (κ3) is 4.39. The molecule has 2 N–H and O–H groups in total. The lowest BCUT2D eigenvalue weighted by molar-refractivity contribution is -0.149. The van der Waals surface area contributed by atoms with Crippen LogP contribution in [0.3, 0.4) is 0 Å². The van der Waals surface area contributed by atoms with Gasteiger partial charge in [-0.05, 0) is 44.4 Å². The van der Waals surface area contributed by atoms with Gasteiger partial charge < -0.3 is 10.4 Å². The standard InChI is InChI=1S/C18H25NO5S/c1-13(2)25(23,24)15-8-6-14(7-9-15)12-16(20)19-18(17(21)22)10-4-3-5-11-18/h6-9,13H,3-5,10-12H2,1-2H3,(H,19,20)(H,21,22). The minimum absolute atomic E-state index is 0.0248. The topological polar surface area (TPSA) is 101 Å². The lowest BCUT2D eigenvalue weighted by Crippen LogP contribution is -2.55. The van der Waals surface area contributed by atoms with E-state index in [2.05, 4.69) is 5.32 Å². The first-order chi connectivity index (χ1) is 11.7. The van der Waals surface area contributed by atoms with Crippen LogP contribution in [0.4, 0.5) is 0 Å². The first-order valence-corrected chi connectivity index (χ1v) is 10.1. The zero-order valence-electron chi connectivity index (χ0n) is 14.6. The number of sulfone groups is 1. The van der Waals surface area contributed by atoms with E-state index in [0.717, 1.165) is 19.3 Å². The number of hydrogen-bond acceptors (Lipinski definition) is 4. The van der Waals surface area contributed by atoms with Crippen LogP contribution in [0.5, 0.6) is 0 Å². The smallest absolute Gasteiger partial charge is 0.329 e. The molecular formula is C18H25NO5S. The third-order valence-electron chi connectivity index (χ3n) is 4.73.